The maximum absolute atomic E-state index is 12.5. The molecule has 0 aromatic heterocycles. The fourth-order valence-electron chi connectivity index (χ4n) is 1.75. The highest BCUT2D eigenvalue weighted by Gasteiger charge is 2.15. The molecule has 0 saturated carbocycles. The maximum atomic E-state index is 12.5. The van der Waals surface area contributed by atoms with Crippen molar-refractivity contribution in [3.63, 3.8) is 0 Å². The van der Waals surface area contributed by atoms with Gasteiger partial charge in [-0.3, -0.25) is 4.79 Å². The summed E-state index contributed by atoms with van der Waals surface area (Å²) in [7, 11) is 3.11. The predicted octanol–water partition coefficient (Wildman–Crippen LogP) is 3.70. The average molecular weight is 321 g/mol. The van der Waals surface area contributed by atoms with E-state index >= 15 is 0 Å². The summed E-state index contributed by atoms with van der Waals surface area (Å²) in [4.78, 5) is 12.5. The summed E-state index contributed by atoms with van der Waals surface area (Å²) < 4.78 is 11.3. The molecule has 2 aromatic carbocycles. The molecule has 98 valence electrons. The molecule has 19 heavy (non-hydrogen) atoms. The van der Waals surface area contributed by atoms with Gasteiger partial charge in [0.25, 0.3) is 0 Å². The van der Waals surface area contributed by atoms with E-state index in [0.29, 0.717) is 22.6 Å². The maximum Gasteiger partial charge on any atom is 0.196 e. The lowest BCUT2D eigenvalue weighted by Crippen LogP contribution is -2.04. The Labute approximate surface area is 120 Å². The van der Waals surface area contributed by atoms with Crippen molar-refractivity contribution in [3.05, 3.63) is 58.1 Å². The summed E-state index contributed by atoms with van der Waals surface area (Å²) >= 11 is 3.35. The van der Waals surface area contributed by atoms with Crippen LogP contribution in [0.1, 0.15) is 15.9 Å². The lowest BCUT2D eigenvalue weighted by Gasteiger charge is -2.09. The molecule has 0 amide bonds. The minimum absolute atomic E-state index is 0.0942. The van der Waals surface area contributed by atoms with E-state index in [0.717, 1.165) is 4.47 Å². The smallest absolute Gasteiger partial charge is 0.196 e. The third-order valence-electron chi connectivity index (χ3n) is 2.76. The Balaban J connectivity index is 2.44. The van der Waals surface area contributed by atoms with E-state index in [2.05, 4.69) is 15.9 Å². The van der Waals surface area contributed by atoms with Gasteiger partial charge in [-0.1, -0.05) is 15.9 Å². The minimum atomic E-state index is -0.0942. The van der Waals surface area contributed by atoms with E-state index in [9.17, 15) is 4.79 Å². The number of carbonyl (C=O) groups is 1. The molecule has 3 nitrogen and oxygen atoms in total. The summed E-state index contributed by atoms with van der Waals surface area (Å²) in [6, 6.07) is 12.4. The molecule has 0 aliphatic carbocycles. The minimum Gasteiger partial charge on any atom is -0.497 e. The summed E-state index contributed by atoms with van der Waals surface area (Å²) in [5, 5.41) is 0. The highest BCUT2D eigenvalue weighted by Crippen LogP contribution is 2.26. The lowest BCUT2D eigenvalue weighted by molar-refractivity contribution is 0.103. The number of ether oxygens (including phenoxy) is 2. The fourth-order valence-corrected chi connectivity index (χ4v) is 2.01. The molecule has 2 aromatic rings. The van der Waals surface area contributed by atoms with E-state index in [4.69, 9.17) is 9.47 Å². The Morgan fingerprint density at radius 3 is 2.26 bits per heavy atom. The van der Waals surface area contributed by atoms with Gasteiger partial charge in [0.05, 0.1) is 19.8 Å². The van der Waals surface area contributed by atoms with Gasteiger partial charge in [0, 0.05) is 10.0 Å². The van der Waals surface area contributed by atoms with Crippen LogP contribution in [0.25, 0.3) is 0 Å². The van der Waals surface area contributed by atoms with Crippen molar-refractivity contribution in [2.24, 2.45) is 0 Å². The molecule has 0 saturated heterocycles. The molecule has 0 unspecified atom stereocenters. The van der Waals surface area contributed by atoms with Gasteiger partial charge in [-0.15, -0.1) is 0 Å². The molecule has 0 aliphatic rings. The van der Waals surface area contributed by atoms with Gasteiger partial charge in [0.15, 0.2) is 5.78 Å². The highest BCUT2D eigenvalue weighted by atomic mass is 79.9. The van der Waals surface area contributed by atoms with E-state index in [1.54, 1.807) is 44.6 Å². The molecular formula is C15H13BrO3. The number of ketones is 1. The fraction of sp³-hybridized carbons (Fsp3) is 0.133. The van der Waals surface area contributed by atoms with Crippen molar-refractivity contribution >= 4 is 21.7 Å². The van der Waals surface area contributed by atoms with Crippen molar-refractivity contribution in [1.82, 2.24) is 0 Å². The van der Waals surface area contributed by atoms with Gasteiger partial charge in [0.1, 0.15) is 11.5 Å². The Hall–Kier alpha value is -1.81. The summed E-state index contributed by atoms with van der Waals surface area (Å²) in [6.45, 7) is 0. The zero-order valence-corrected chi connectivity index (χ0v) is 12.2. The van der Waals surface area contributed by atoms with Gasteiger partial charge in [-0.2, -0.15) is 0 Å². The van der Waals surface area contributed by atoms with Crippen LogP contribution in [0.5, 0.6) is 11.5 Å². The van der Waals surface area contributed by atoms with Gasteiger partial charge < -0.3 is 9.47 Å². The van der Waals surface area contributed by atoms with Crippen molar-refractivity contribution in [1.29, 1.82) is 0 Å². The number of rotatable bonds is 4. The van der Waals surface area contributed by atoms with E-state index in [1.165, 1.54) is 0 Å². The van der Waals surface area contributed by atoms with Crippen molar-refractivity contribution in [2.45, 2.75) is 0 Å². The van der Waals surface area contributed by atoms with E-state index < -0.39 is 0 Å². The van der Waals surface area contributed by atoms with Crippen molar-refractivity contribution in [3.8, 4) is 11.5 Å². The Morgan fingerprint density at radius 2 is 1.68 bits per heavy atom. The van der Waals surface area contributed by atoms with E-state index in [-0.39, 0.29) is 5.78 Å². The second-order valence-corrected chi connectivity index (χ2v) is 4.82. The molecule has 0 atom stereocenters. The average Bonchev–Trinajstić information content (AvgIpc) is 2.46. The van der Waals surface area contributed by atoms with Crippen LogP contribution in [0.15, 0.2) is 46.9 Å². The standard InChI is InChI=1S/C15H13BrO3/c1-18-12-7-8-14(19-2)13(9-12)15(17)10-3-5-11(16)6-4-10/h3-9H,1-2H3. The predicted molar refractivity (Wildman–Crippen MR) is 77.1 cm³/mol. The Morgan fingerprint density at radius 1 is 1.00 bits per heavy atom. The molecule has 0 aliphatic heterocycles. The zero-order chi connectivity index (χ0) is 13.8. The van der Waals surface area contributed by atoms with Gasteiger partial charge in [0.2, 0.25) is 0 Å². The van der Waals surface area contributed by atoms with Gasteiger partial charge >= 0.3 is 0 Å². The van der Waals surface area contributed by atoms with Gasteiger partial charge in [-0.05, 0) is 42.5 Å². The molecule has 0 spiro atoms. The third kappa shape index (κ3) is 2.96. The highest BCUT2D eigenvalue weighted by molar-refractivity contribution is 9.10. The van der Waals surface area contributed by atoms with Crippen LogP contribution < -0.4 is 9.47 Å². The monoisotopic (exact) mass is 320 g/mol. The number of hydrogen-bond acceptors (Lipinski definition) is 3. The van der Waals surface area contributed by atoms with Gasteiger partial charge in [-0.25, -0.2) is 0 Å². The summed E-state index contributed by atoms with van der Waals surface area (Å²) in [5.41, 5.74) is 1.10. The van der Waals surface area contributed by atoms with Crippen molar-refractivity contribution < 1.29 is 14.3 Å². The first-order chi connectivity index (χ1) is 9.15. The summed E-state index contributed by atoms with van der Waals surface area (Å²) in [5.74, 6) is 1.07. The number of methoxy groups -OCH3 is 2. The van der Waals surface area contributed by atoms with Crippen LogP contribution in [0, 0.1) is 0 Å². The van der Waals surface area contributed by atoms with Crippen molar-refractivity contribution in [2.75, 3.05) is 14.2 Å². The molecule has 0 fully saturated rings. The Kier molecular flexibility index (Phi) is 4.22. The third-order valence-corrected chi connectivity index (χ3v) is 3.29. The molecule has 0 heterocycles. The number of benzene rings is 2. The lowest BCUT2D eigenvalue weighted by atomic mass is 10.0. The quantitative estimate of drug-likeness (QED) is 0.806. The number of carbonyl (C=O) groups excluding carboxylic acids is 1. The van der Waals surface area contributed by atoms with E-state index in [1.807, 2.05) is 12.1 Å². The Bertz CT molecular complexity index is 591. The molecule has 0 radical (unpaired) electrons. The first-order valence-corrected chi connectivity index (χ1v) is 6.47. The number of hydrogen-bond donors (Lipinski definition) is 0. The first kappa shape index (κ1) is 13.6. The molecule has 0 N–H and O–H groups in total. The molecule has 4 heteroatoms. The molecule has 2 rings (SSSR count). The van der Waals surface area contributed by atoms with Crippen LogP contribution in [-0.2, 0) is 0 Å². The largest absolute Gasteiger partial charge is 0.497 e. The van der Waals surface area contributed by atoms with Crippen LogP contribution in [0.3, 0.4) is 0 Å². The van der Waals surface area contributed by atoms with Crippen LogP contribution >= 0.6 is 15.9 Å². The first-order valence-electron chi connectivity index (χ1n) is 5.68. The van der Waals surface area contributed by atoms with Crippen LogP contribution in [0.4, 0.5) is 0 Å². The zero-order valence-electron chi connectivity index (χ0n) is 10.6. The SMILES string of the molecule is COc1ccc(OC)c(C(=O)c2ccc(Br)cc2)c1. The molecular weight excluding hydrogens is 308 g/mol. The molecule has 0 bridgehead atoms. The van der Waals surface area contributed by atoms with Crippen LogP contribution in [0.2, 0.25) is 0 Å². The number of halogens is 1. The summed E-state index contributed by atoms with van der Waals surface area (Å²) in [6.07, 6.45) is 0. The second-order valence-electron chi connectivity index (χ2n) is 3.90. The second kappa shape index (κ2) is 5.89. The normalized spacial score (nSPS) is 10.1. The van der Waals surface area contributed by atoms with Crippen LogP contribution in [-0.4, -0.2) is 20.0 Å². The topological polar surface area (TPSA) is 35.5 Å².